The Balaban J connectivity index is 2.19. The fraction of sp³-hybridized carbons (Fsp3) is 0.333. The van der Waals surface area contributed by atoms with Gasteiger partial charge in [-0.1, -0.05) is 0 Å². The van der Waals surface area contributed by atoms with Gasteiger partial charge in [0.1, 0.15) is 5.76 Å². The summed E-state index contributed by atoms with van der Waals surface area (Å²) in [5.74, 6) is 0.999. The molecule has 0 bridgehead atoms. The molecule has 108 valence electrons. The van der Waals surface area contributed by atoms with Crippen LogP contribution in [0.4, 0.5) is 5.69 Å². The van der Waals surface area contributed by atoms with Gasteiger partial charge in [-0.2, -0.15) is 0 Å². The molecule has 2 N–H and O–H groups in total. The molecule has 0 radical (unpaired) electrons. The highest BCUT2D eigenvalue weighted by atomic mass is 32.2. The number of nitrogens with one attached hydrogen (secondary N) is 2. The monoisotopic (exact) mass is 296 g/mol. The maximum atomic E-state index is 12.2. The summed E-state index contributed by atoms with van der Waals surface area (Å²) in [6, 6.07) is 3.30. The Morgan fingerprint density at radius 3 is 2.70 bits per heavy atom. The molecule has 7 nitrogen and oxygen atoms in total. The average Bonchev–Trinajstić information content (AvgIpc) is 2.76. The van der Waals surface area contributed by atoms with Gasteiger partial charge in [0.15, 0.2) is 5.03 Å². The lowest BCUT2D eigenvalue weighted by Gasteiger charge is -2.08. The van der Waals surface area contributed by atoms with Crippen LogP contribution in [0.5, 0.6) is 0 Å². The van der Waals surface area contributed by atoms with E-state index < -0.39 is 10.0 Å². The van der Waals surface area contributed by atoms with E-state index in [0.29, 0.717) is 17.3 Å². The number of aromatic nitrogens is 2. The zero-order valence-corrected chi connectivity index (χ0v) is 12.3. The van der Waals surface area contributed by atoms with Crippen LogP contribution in [0.2, 0.25) is 0 Å². The SMILES string of the molecule is CNc1cccnc1S(=O)(=O)NCc1nc(C)c(C)o1. The Hall–Kier alpha value is -1.93. The molecule has 0 atom stereocenters. The summed E-state index contributed by atoms with van der Waals surface area (Å²) in [6.07, 6.45) is 1.43. The first-order valence-corrected chi connectivity index (χ1v) is 7.47. The first kappa shape index (κ1) is 14.5. The van der Waals surface area contributed by atoms with Crippen LogP contribution in [0.3, 0.4) is 0 Å². The minimum Gasteiger partial charge on any atom is -0.444 e. The Labute approximate surface area is 117 Å². The van der Waals surface area contributed by atoms with Crippen molar-refractivity contribution in [3.8, 4) is 0 Å². The number of anilines is 1. The second-order valence-corrected chi connectivity index (χ2v) is 5.86. The third-order valence-corrected chi connectivity index (χ3v) is 4.14. The van der Waals surface area contributed by atoms with E-state index in [1.807, 2.05) is 0 Å². The maximum absolute atomic E-state index is 12.2. The zero-order valence-electron chi connectivity index (χ0n) is 11.5. The zero-order chi connectivity index (χ0) is 14.8. The van der Waals surface area contributed by atoms with Gasteiger partial charge in [0.25, 0.3) is 10.0 Å². The van der Waals surface area contributed by atoms with E-state index in [1.54, 1.807) is 33.0 Å². The fourth-order valence-corrected chi connectivity index (χ4v) is 2.74. The van der Waals surface area contributed by atoms with Gasteiger partial charge < -0.3 is 9.73 Å². The van der Waals surface area contributed by atoms with E-state index in [9.17, 15) is 8.42 Å². The van der Waals surface area contributed by atoms with Crippen LogP contribution in [-0.2, 0) is 16.6 Å². The molecule has 8 heteroatoms. The van der Waals surface area contributed by atoms with Crippen LogP contribution >= 0.6 is 0 Å². The van der Waals surface area contributed by atoms with Crippen LogP contribution in [-0.4, -0.2) is 25.4 Å². The molecule has 0 aliphatic carbocycles. The third kappa shape index (κ3) is 2.97. The number of sulfonamides is 1. The molecular weight excluding hydrogens is 280 g/mol. The van der Waals surface area contributed by atoms with Crippen LogP contribution < -0.4 is 10.0 Å². The lowest BCUT2D eigenvalue weighted by Crippen LogP contribution is -2.25. The summed E-state index contributed by atoms with van der Waals surface area (Å²) in [6.45, 7) is 3.56. The Morgan fingerprint density at radius 1 is 1.35 bits per heavy atom. The molecule has 2 heterocycles. The normalized spacial score (nSPS) is 11.6. The summed E-state index contributed by atoms with van der Waals surface area (Å²) in [7, 11) is -2.09. The van der Waals surface area contributed by atoms with Crippen LogP contribution in [0.1, 0.15) is 17.3 Å². The molecule has 2 rings (SSSR count). The predicted octanol–water partition coefficient (Wildman–Crippen LogP) is 1.21. The molecule has 2 aromatic rings. The van der Waals surface area contributed by atoms with Gasteiger partial charge in [-0.25, -0.2) is 23.1 Å². The molecule has 2 aromatic heterocycles. The molecule has 20 heavy (non-hydrogen) atoms. The highest BCUT2D eigenvalue weighted by Crippen LogP contribution is 2.17. The lowest BCUT2D eigenvalue weighted by molar-refractivity contribution is 0.462. The van der Waals surface area contributed by atoms with Crippen molar-refractivity contribution in [1.29, 1.82) is 0 Å². The largest absolute Gasteiger partial charge is 0.444 e. The topological polar surface area (TPSA) is 97.1 Å². The van der Waals surface area contributed by atoms with Crippen molar-refractivity contribution in [2.75, 3.05) is 12.4 Å². The summed E-state index contributed by atoms with van der Waals surface area (Å²) in [5, 5.41) is 2.74. The van der Waals surface area contributed by atoms with Crippen molar-refractivity contribution < 1.29 is 12.8 Å². The van der Waals surface area contributed by atoms with Crippen LogP contribution in [0.15, 0.2) is 27.8 Å². The highest BCUT2D eigenvalue weighted by molar-refractivity contribution is 7.89. The number of aryl methyl sites for hydroxylation is 2. The van der Waals surface area contributed by atoms with E-state index in [2.05, 4.69) is 20.0 Å². The van der Waals surface area contributed by atoms with E-state index in [4.69, 9.17) is 4.42 Å². The molecule has 0 spiro atoms. The van der Waals surface area contributed by atoms with Crippen LogP contribution in [0, 0.1) is 13.8 Å². The Bertz CT molecular complexity index is 690. The number of rotatable bonds is 5. The lowest BCUT2D eigenvalue weighted by atomic mass is 10.4. The smallest absolute Gasteiger partial charge is 0.260 e. The van der Waals surface area contributed by atoms with E-state index in [-0.39, 0.29) is 11.6 Å². The Kier molecular flexibility index (Phi) is 4.05. The van der Waals surface area contributed by atoms with Crippen molar-refractivity contribution in [3.05, 3.63) is 35.7 Å². The highest BCUT2D eigenvalue weighted by Gasteiger charge is 2.20. The van der Waals surface area contributed by atoms with Gasteiger partial charge in [0.2, 0.25) is 5.89 Å². The number of oxazole rings is 1. The summed E-state index contributed by atoms with van der Waals surface area (Å²) < 4.78 is 32.1. The van der Waals surface area contributed by atoms with E-state index in [1.165, 1.54) is 6.20 Å². The predicted molar refractivity (Wildman–Crippen MR) is 73.8 cm³/mol. The number of hydrogen-bond acceptors (Lipinski definition) is 6. The molecule has 0 aliphatic heterocycles. The standard InChI is InChI=1S/C12H16N4O3S/c1-8-9(2)19-11(16-8)7-15-20(17,18)12-10(13-3)5-4-6-14-12/h4-6,13,15H,7H2,1-3H3. The fourth-order valence-electron chi connectivity index (χ4n) is 1.64. The molecule has 0 amide bonds. The van der Waals surface area contributed by atoms with Crippen molar-refractivity contribution in [2.45, 2.75) is 25.4 Å². The van der Waals surface area contributed by atoms with Crippen LogP contribution in [0.25, 0.3) is 0 Å². The maximum Gasteiger partial charge on any atom is 0.260 e. The van der Waals surface area contributed by atoms with E-state index >= 15 is 0 Å². The summed E-state index contributed by atoms with van der Waals surface area (Å²) in [4.78, 5) is 8.01. The van der Waals surface area contributed by atoms with Crippen molar-refractivity contribution in [2.24, 2.45) is 0 Å². The van der Waals surface area contributed by atoms with Crippen molar-refractivity contribution in [1.82, 2.24) is 14.7 Å². The van der Waals surface area contributed by atoms with Gasteiger partial charge >= 0.3 is 0 Å². The Morgan fingerprint density at radius 2 is 2.10 bits per heavy atom. The summed E-state index contributed by atoms with van der Waals surface area (Å²) in [5.41, 5.74) is 1.17. The van der Waals surface area contributed by atoms with Gasteiger partial charge in [-0.05, 0) is 26.0 Å². The van der Waals surface area contributed by atoms with Crippen molar-refractivity contribution >= 4 is 15.7 Å². The number of nitrogens with zero attached hydrogens (tertiary/aromatic N) is 2. The first-order chi connectivity index (χ1) is 9.44. The molecule has 0 aliphatic rings. The quantitative estimate of drug-likeness (QED) is 0.860. The first-order valence-electron chi connectivity index (χ1n) is 5.99. The minimum absolute atomic E-state index is 0.0171. The van der Waals surface area contributed by atoms with E-state index in [0.717, 1.165) is 5.69 Å². The molecule has 0 saturated heterocycles. The molecule has 0 unspecified atom stereocenters. The molecule has 0 aromatic carbocycles. The van der Waals surface area contributed by atoms with Crippen molar-refractivity contribution in [3.63, 3.8) is 0 Å². The molecular formula is C12H16N4O3S. The number of hydrogen-bond donors (Lipinski definition) is 2. The molecule has 0 saturated carbocycles. The second-order valence-electron chi connectivity index (χ2n) is 4.18. The van der Waals surface area contributed by atoms with Gasteiger partial charge in [-0.3, -0.25) is 0 Å². The molecule has 0 fully saturated rings. The summed E-state index contributed by atoms with van der Waals surface area (Å²) >= 11 is 0. The van der Waals surface area contributed by atoms with Gasteiger partial charge in [0, 0.05) is 13.2 Å². The third-order valence-electron chi connectivity index (χ3n) is 2.78. The number of pyridine rings is 1. The second kappa shape index (κ2) is 5.59. The van der Waals surface area contributed by atoms with Gasteiger partial charge in [0.05, 0.1) is 17.9 Å². The minimum atomic E-state index is -3.73. The average molecular weight is 296 g/mol. The van der Waals surface area contributed by atoms with Gasteiger partial charge in [-0.15, -0.1) is 0 Å².